The molecular formula is C12H12FN3O3S. The molecule has 1 amide bonds. The second kappa shape index (κ2) is 6.38. The van der Waals surface area contributed by atoms with Crippen LogP contribution in [0.5, 0.6) is 11.5 Å². The number of methoxy groups -OCH3 is 2. The number of hydrogen-bond acceptors (Lipinski definition) is 6. The van der Waals surface area contributed by atoms with Crippen LogP contribution in [0.25, 0.3) is 0 Å². The summed E-state index contributed by atoms with van der Waals surface area (Å²) in [5.74, 6) is -0.0235. The van der Waals surface area contributed by atoms with Gasteiger partial charge in [0.15, 0.2) is 22.5 Å². The summed E-state index contributed by atoms with van der Waals surface area (Å²) >= 11 is 1.26. The lowest BCUT2D eigenvalue weighted by Crippen LogP contribution is -2.19. The monoisotopic (exact) mass is 297 g/mol. The quantitative estimate of drug-likeness (QED) is 0.673. The van der Waals surface area contributed by atoms with Crippen molar-refractivity contribution >= 4 is 29.1 Å². The Morgan fingerprint density at radius 3 is 2.80 bits per heavy atom. The van der Waals surface area contributed by atoms with E-state index in [9.17, 15) is 9.18 Å². The molecular weight excluding hydrogens is 285 g/mol. The number of nitrogens with one attached hydrogen (secondary N) is 1. The normalized spacial score (nSPS) is 16.8. The van der Waals surface area contributed by atoms with Gasteiger partial charge in [0.25, 0.3) is 0 Å². The van der Waals surface area contributed by atoms with Crippen LogP contribution >= 0.6 is 11.8 Å². The molecule has 1 aromatic carbocycles. The van der Waals surface area contributed by atoms with E-state index in [1.54, 1.807) is 6.07 Å². The molecule has 1 N–H and O–H groups in total. The third kappa shape index (κ3) is 3.27. The summed E-state index contributed by atoms with van der Waals surface area (Å²) in [6, 6.07) is 2.83. The average Bonchev–Trinajstić information content (AvgIpc) is 2.83. The van der Waals surface area contributed by atoms with E-state index in [4.69, 9.17) is 9.47 Å². The minimum Gasteiger partial charge on any atom is -0.493 e. The van der Waals surface area contributed by atoms with Gasteiger partial charge >= 0.3 is 0 Å². The summed E-state index contributed by atoms with van der Waals surface area (Å²) in [7, 11) is 2.78. The van der Waals surface area contributed by atoms with Gasteiger partial charge in [0.05, 0.1) is 26.2 Å². The zero-order valence-corrected chi connectivity index (χ0v) is 11.7. The Balaban J connectivity index is 2.17. The number of amides is 1. The van der Waals surface area contributed by atoms with Crippen LogP contribution in [-0.4, -0.2) is 37.3 Å². The molecule has 8 heteroatoms. The minimum absolute atomic E-state index is 0.0366. The first-order chi connectivity index (χ1) is 9.63. The second-order valence-corrected chi connectivity index (χ2v) is 4.69. The molecule has 1 saturated heterocycles. The molecule has 0 radical (unpaired) electrons. The van der Waals surface area contributed by atoms with Crippen molar-refractivity contribution in [2.45, 2.75) is 0 Å². The number of amidine groups is 1. The Morgan fingerprint density at radius 1 is 1.40 bits per heavy atom. The Bertz CT molecular complexity index is 590. The van der Waals surface area contributed by atoms with Gasteiger partial charge in [-0.1, -0.05) is 11.8 Å². The van der Waals surface area contributed by atoms with Crippen molar-refractivity contribution in [2.75, 3.05) is 20.0 Å². The molecule has 1 aromatic rings. The summed E-state index contributed by atoms with van der Waals surface area (Å²) in [4.78, 5) is 10.9. The SMILES string of the molecule is COc1cc(C=NN=C2NC(=O)CS2)cc(F)c1OC. The molecule has 0 spiro atoms. The Morgan fingerprint density at radius 2 is 2.20 bits per heavy atom. The second-order valence-electron chi connectivity index (χ2n) is 3.72. The van der Waals surface area contributed by atoms with E-state index in [1.807, 2.05) is 0 Å². The van der Waals surface area contributed by atoms with Crippen LogP contribution in [0.2, 0.25) is 0 Å². The van der Waals surface area contributed by atoms with Crippen molar-refractivity contribution in [3.8, 4) is 11.5 Å². The van der Waals surface area contributed by atoms with Gasteiger partial charge in [-0.15, -0.1) is 5.10 Å². The predicted octanol–water partition coefficient (Wildman–Crippen LogP) is 1.40. The van der Waals surface area contributed by atoms with Gasteiger partial charge < -0.3 is 14.8 Å². The summed E-state index contributed by atoms with van der Waals surface area (Å²) in [6.07, 6.45) is 1.36. The number of nitrogens with zero attached hydrogens (tertiary/aromatic N) is 2. The van der Waals surface area contributed by atoms with Crippen LogP contribution in [-0.2, 0) is 4.79 Å². The maximum atomic E-state index is 13.7. The first-order valence-electron chi connectivity index (χ1n) is 5.59. The number of thioether (sulfide) groups is 1. The average molecular weight is 297 g/mol. The number of carbonyl (C=O) groups is 1. The molecule has 1 aliphatic rings. The Hall–Kier alpha value is -2.09. The molecule has 0 bridgehead atoms. The number of halogens is 1. The van der Waals surface area contributed by atoms with E-state index >= 15 is 0 Å². The van der Waals surface area contributed by atoms with Crippen LogP contribution in [0, 0.1) is 5.82 Å². The van der Waals surface area contributed by atoms with Crippen LogP contribution in [0.3, 0.4) is 0 Å². The summed E-state index contributed by atoms with van der Waals surface area (Å²) in [5.41, 5.74) is 0.471. The van der Waals surface area contributed by atoms with Gasteiger partial charge in [0, 0.05) is 5.56 Å². The summed E-state index contributed by atoms with van der Waals surface area (Å²) < 4.78 is 23.6. The van der Waals surface area contributed by atoms with Crippen molar-refractivity contribution in [1.29, 1.82) is 0 Å². The Labute approximate surface area is 119 Å². The molecule has 6 nitrogen and oxygen atoms in total. The third-order valence-electron chi connectivity index (χ3n) is 2.40. The van der Waals surface area contributed by atoms with Crippen LogP contribution < -0.4 is 14.8 Å². The lowest BCUT2D eigenvalue weighted by atomic mass is 10.2. The molecule has 106 valence electrons. The topological polar surface area (TPSA) is 72.3 Å². The van der Waals surface area contributed by atoms with Gasteiger partial charge in [-0.2, -0.15) is 5.10 Å². The molecule has 20 heavy (non-hydrogen) atoms. The third-order valence-corrected chi connectivity index (χ3v) is 3.26. The van der Waals surface area contributed by atoms with Gasteiger partial charge in [-0.3, -0.25) is 4.79 Å². The van der Waals surface area contributed by atoms with Gasteiger partial charge in [0.2, 0.25) is 5.91 Å². The zero-order chi connectivity index (χ0) is 14.5. The van der Waals surface area contributed by atoms with E-state index in [2.05, 4.69) is 15.5 Å². The van der Waals surface area contributed by atoms with Gasteiger partial charge in [-0.05, 0) is 12.1 Å². The molecule has 1 aliphatic heterocycles. The van der Waals surface area contributed by atoms with Gasteiger partial charge in [0.1, 0.15) is 0 Å². The largest absolute Gasteiger partial charge is 0.493 e. The Kier molecular flexibility index (Phi) is 4.57. The predicted molar refractivity (Wildman–Crippen MR) is 75.1 cm³/mol. The van der Waals surface area contributed by atoms with E-state index in [-0.39, 0.29) is 17.4 Å². The molecule has 0 atom stereocenters. The molecule has 0 aliphatic carbocycles. The smallest absolute Gasteiger partial charge is 0.236 e. The highest BCUT2D eigenvalue weighted by molar-refractivity contribution is 8.15. The lowest BCUT2D eigenvalue weighted by molar-refractivity contribution is -0.116. The summed E-state index contributed by atoms with van der Waals surface area (Å²) in [5, 5.41) is 10.6. The lowest BCUT2D eigenvalue weighted by Gasteiger charge is -2.08. The van der Waals surface area contributed by atoms with Gasteiger partial charge in [-0.25, -0.2) is 4.39 Å². The number of rotatable bonds is 4. The molecule has 2 rings (SSSR count). The maximum absolute atomic E-state index is 13.7. The van der Waals surface area contributed by atoms with Crippen LogP contribution in [0.15, 0.2) is 22.3 Å². The van der Waals surface area contributed by atoms with E-state index in [0.717, 1.165) is 0 Å². The first-order valence-corrected chi connectivity index (χ1v) is 6.57. The zero-order valence-electron chi connectivity index (χ0n) is 10.8. The molecule has 0 saturated carbocycles. The van der Waals surface area contributed by atoms with E-state index in [0.29, 0.717) is 16.5 Å². The fraction of sp³-hybridized carbons (Fsp3) is 0.250. The van der Waals surface area contributed by atoms with Crippen LogP contribution in [0.1, 0.15) is 5.56 Å². The first kappa shape index (κ1) is 14.3. The van der Waals surface area contributed by atoms with E-state index < -0.39 is 5.82 Å². The van der Waals surface area contributed by atoms with E-state index in [1.165, 1.54) is 38.3 Å². The molecule has 1 fully saturated rings. The number of benzene rings is 1. The molecule has 0 unspecified atom stereocenters. The molecule has 1 heterocycles. The fourth-order valence-electron chi connectivity index (χ4n) is 1.54. The van der Waals surface area contributed by atoms with Crippen molar-refractivity contribution in [3.63, 3.8) is 0 Å². The summed E-state index contributed by atoms with van der Waals surface area (Å²) in [6.45, 7) is 0. The highest BCUT2D eigenvalue weighted by Gasteiger charge is 2.16. The number of carbonyl (C=O) groups excluding carboxylic acids is 1. The van der Waals surface area contributed by atoms with Crippen LogP contribution in [0.4, 0.5) is 4.39 Å². The van der Waals surface area contributed by atoms with Crippen molar-refractivity contribution in [2.24, 2.45) is 10.2 Å². The number of ether oxygens (including phenoxy) is 2. The van der Waals surface area contributed by atoms with Crippen molar-refractivity contribution in [1.82, 2.24) is 5.32 Å². The highest BCUT2D eigenvalue weighted by atomic mass is 32.2. The number of hydrogen-bond donors (Lipinski definition) is 1. The minimum atomic E-state index is -0.551. The fourth-order valence-corrected chi connectivity index (χ4v) is 2.17. The van der Waals surface area contributed by atoms with Crippen molar-refractivity contribution in [3.05, 3.63) is 23.5 Å². The standard InChI is InChI=1S/C12H12FN3O3S/c1-18-9-4-7(3-8(13)11(9)19-2)5-14-16-12-15-10(17)6-20-12/h3-5H,6H2,1-2H3,(H,15,16,17). The van der Waals surface area contributed by atoms with Crippen molar-refractivity contribution < 1.29 is 18.7 Å². The highest BCUT2D eigenvalue weighted by Crippen LogP contribution is 2.30. The maximum Gasteiger partial charge on any atom is 0.236 e. The molecule has 0 aromatic heterocycles.